The van der Waals surface area contributed by atoms with Crippen LogP contribution in [0.1, 0.15) is 36.5 Å². The second-order valence-corrected chi connectivity index (χ2v) is 6.88. The number of hydrogen-bond acceptors (Lipinski definition) is 2. The molecule has 0 radical (unpaired) electrons. The molecule has 136 valence electrons. The molecule has 1 aliphatic heterocycles. The maximum absolute atomic E-state index is 13.5. The normalized spacial score (nSPS) is 23.7. The smallest absolute Gasteiger partial charge is 0.270 e. The minimum absolute atomic E-state index is 0.00862. The van der Waals surface area contributed by atoms with Crippen LogP contribution in [0.4, 0.5) is 8.78 Å². The molecule has 1 amide bonds. The molecule has 3 rings (SSSR count). The monoisotopic (exact) mass is 357 g/mol. The zero-order valence-electron chi connectivity index (χ0n) is 14.9. The number of nitrogens with zero attached hydrogens (tertiary/aromatic N) is 1. The predicted octanol–water partition coefficient (Wildman–Crippen LogP) is 3.79. The molecule has 1 saturated heterocycles. The Bertz CT molecular complexity index is 830. The van der Waals surface area contributed by atoms with E-state index in [4.69, 9.17) is 5.41 Å². The Hall–Kier alpha value is -2.76. The van der Waals surface area contributed by atoms with E-state index in [1.165, 1.54) is 24.1 Å². The third-order valence-electron chi connectivity index (χ3n) is 4.99. The van der Waals surface area contributed by atoms with Gasteiger partial charge in [-0.15, -0.1) is 0 Å². The molecular formula is C20H21F2N3O. The fourth-order valence-electron chi connectivity index (χ4n) is 3.42. The van der Waals surface area contributed by atoms with E-state index in [0.29, 0.717) is 5.56 Å². The largest absolute Gasteiger partial charge is 0.346 e. The minimum Gasteiger partial charge on any atom is -0.346 e. The summed E-state index contributed by atoms with van der Waals surface area (Å²) in [5.74, 6) is -3.83. The molecule has 2 N–H and O–H groups in total. The van der Waals surface area contributed by atoms with Crippen molar-refractivity contribution >= 4 is 11.9 Å². The first kappa shape index (κ1) is 18.0. The zero-order chi connectivity index (χ0) is 19.1. The van der Waals surface area contributed by atoms with Gasteiger partial charge in [-0.25, -0.2) is 8.78 Å². The van der Waals surface area contributed by atoms with Gasteiger partial charge in [-0.3, -0.25) is 15.1 Å². The Balaban J connectivity index is 2.11. The highest BCUT2D eigenvalue weighted by Gasteiger charge is 2.48. The van der Waals surface area contributed by atoms with Crippen LogP contribution < -0.4 is 5.32 Å². The second kappa shape index (κ2) is 6.20. The summed E-state index contributed by atoms with van der Waals surface area (Å²) >= 11 is 0. The lowest BCUT2D eigenvalue weighted by Gasteiger charge is -2.46. The Kier molecular flexibility index (Phi) is 4.30. The second-order valence-electron chi connectivity index (χ2n) is 6.88. The highest BCUT2D eigenvalue weighted by molar-refractivity contribution is 6.02. The van der Waals surface area contributed by atoms with Gasteiger partial charge in [0.1, 0.15) is 0 Å². The van der Waals surface area contributed by atoms with Crippen LogP contribution in [0.3, 0.4) is 0 Å². The number of halogens is 2. The summed E-state index contributed by atoms with van der Waals surface area (Å²) in [4.78, 5) is 14.3. The van der Waals surface area contributed by atoms with Gasteiger partial charge in [-0.2, -0.15) is 0 Å². The molecular weight excluding hydrogens is 336 g/mol. The summed E-state index contributed by atoms with van der Waals surface area (Å²) in [5.41, 5.74) is 0.514. The van der Waals surface area contributed by atoms with E-state index in [1.807, 2.05) is 37.3 Å². The number of carbonyl (C=O) groups excluding carboxylic acids is 1. The van der Waals surface area contributed by atoms with Crippen molar-refractivity contribution in [3.05, 3.63) is 71.3 Å². The third-order valence-corrected chi connectivity index (χ3v) is 4.99. The first-order chi connectivity index (χ1) is 12.1. The molecule has 26 heavy (non-hydrogen) atoms. The fraction of sp³-hybridized carbons (Fsp3) is 0.300. The predicted molar refractivity (Wildman–Crippen MR) is 96.2 cm³/mol. The van der Waals surface area contributed by atoms with E-state index in [0.717, 1.165) is 12.5 Å². The zero-order valence-corrected chi connectivity index (χ0v) is 14.9. The molecule has 0 bridgehead atoms. The summed E-state index contributed by atoms with van der Waals surface area (Å²) in [6, 6.07) is 15.2. The van der Waals surface area contributed by atoms with Crippen LogP contribution in [-0.4, -0.2) is 23.8 Å². The van der Waals surface area contributed by atoms with E-state index in [-0.39, 0.29) is 17.4 Å². The lowest BCUT2D eigenvalue weighted by atomic mass is 9.73. The molecule has 0 spiro atoms. The topological polar surface area (TPSA) is 56.2 Å². The highest BCUT2D eigenvalue weighted by atomic mass is 19.3. The number of benzene rings is 2. The number of hydrogen-bond donors (Lipinski definition) is 2. The molecule has 2 atom stereocenters. The van der Waals surface area contributed by atoms with E-state index in [1.54, 1.807) is 12.1 Å². The summed E-state index contributed by atoms with van der Waals surface area (Å²) in [7, 11) is 1.53. The maximum atomic E-state index is 13.5. The molecule has 0 aromatic heterocycles. The average molecular weight is 357 g/mol. The number of carbonyl (C=O) groups is 1. The van der Waals surface area contributed by atoms with Gasteiger partial charge in [0.15, 0.2) is 5.96 Å². The first-order valence-electron chi connectivity index (χ1n) is 8.32. The molecule has 0 unspecified atom stereocenters. The van der Waals surface area contributed by atoms with E-state index < -0.39 is 17.4 Å². The first-order valence-corrected chi connectivity index (χ1v) is 8.32. The van der Waals surface area contributed by atoms with Gasteiger partial charge in [0.2, 0.25) is 5.91 Å². The van der Waals surface area contributed by atoms with Gasteiger partial charge in [-0.1, -0.05) is 54.6 Å². The van der Waals surface area contributed by atoms with Crippen molar-refractivity contribution in [2.24, 2.45) is 0 Å². The molecule has 1 aliphatic rings. The van der Waals surface area contributed by atoms with Gasteiger partial charge in [-0.05, 0) is 18.1 Å². The van der Waals surface area contributed by atoms with Crippen LogP contribution in [-0.2, 0) is 16.3 Å². The van der Waals surface area contributed by atoms with Gasteiger partial charge in [0.25, 0.3) is 5.92 Å². The standard InChI is InChI=1S/C20H21F2N3O/c1-19(14-7-5-4-6-8-14)16(17(26)25(3)18(23)24-19)13-9-11-15(12-10-13)20(2,21)22/h4-12,16H,1-3H3,(H2,23,24)/t16-,19+/m0/s1. The molecule has 2 aromatic rings. The molecule has 2 aromatic carbocycles. The lowest BCUT2D eigenvalue weighted by Crippen LogP contribution is -2.62. The van der Waals surface area contributed by atoms with Crippen molar-refractivity contribution in [3.8, 4) is 0 Å². The van der Waals surface area contributed by atoms with Crippen LogP contribution in [0.15, 0.2) is 54.6 Å². The molecule has 4 nitrogen and oxygen atoms in total. The summed E-state index contributed by atoms with van der Waals surface area (Å²) < 4.78 is 27.0. The average Bonchev–Trinajstić information content (AvgIpc) is 2.60. The van der Waals surface area contributed by atoms with Crippen molar-refractivity contribution in [1.82, 2.24) is 10.2 Å². The van der Waals surface area contributed by atoms with E-state index >= 15 is 0 Å². The minimum atomic E-state index is -2.94. The van der Waals surface area contributed by atoms with Crippen molar-refractivity contribution < 1.29 is 13.6 Å². The number of rotatable bonds is 3. The third kappa shape index (κ3) is 2.96. The van der Waals surface area contributed by atoms with Crippen LogP contribution in [0.5, 0.6) is 0 Å². The Morgan fingerprint density at radius 1 is 1.12 bits per heavy atom. The van der Waals surface area contributed by atoms with Gasteiger partial charge in [0.05, 0.1) is 11.5 Å². The number of guanidine groups is 1. The highest BCUT2D eigenvalue weighted by Crippen LogP contribution is 2.41. The maximum Gasteiger partial charge on any atom is 0.270 e. The van der Waals surface area contributed by atoms with Gasteiger partial charge in [0, 0.05) is 19.5 Å². The number of likely N-dealkylation sites (N-methyl/N-ethyl adjacent to an activating group) is 1. The molecule has 1 fully saturated rings. The van der Waals surface area contributed by atoms with Crippen molar-refractivity contribution in [3.63, 3.8) is 0 Å². The van der Waals surface area contributed by atoms with E-state index in [9.17, 15) is 13.6 Å². The summed E-state index contributed by atoms with van der Waals surface area (Å²) in [5, 5.41) is 11.2. The van der Waals surface area contributed by atoms with Gasteiger partial charge < -0.3 is 5.32 Å². The Morgan fingerprint density at radius 3 is 2.23 bits per heavy atom. The quantitative estimate of drug-likeness (QED) is 0.878. The fourth-order valence-corrected chi connectivity index (χ4v) is 3.42. The number of nitrogens with one attached hydrogen (secondary N) is 2. The van der Waals surface area contributed by atoms with Crippen molar-refractivity contribution in [1.29, 1.82) is 5.41 Å². The Labute approximate surface area is 151 Å². The molecule has 1 heterocycles. The lowest BCUT2D eigenvalue weighted by molar-refractivity contribution is -0.131. The van der Waals surface area contributed by atoms with Crippen LogP contribution in [0.2, 0.25) is 0 Å². The van der Waals surface area contributed by atoms with Crippen molar-refractivity contribution in [2.45, 2.75) is 31.2 Å². The SMILES string of the molecule is CN1C(=N)N[C@](C)(c2ccccc2)[C@@H](c2ccc(C(C)(F)F)cc2)C1=O. The molecule has 6 heteroatoms. The molecule has 0 aliphatic carbocycles. The number of alkyl halides is 2. The van der Waals surface area contributed by atoms with Crippen molar-refractivity contribution in [2.75, 3.05) is 7.05 Å². The van der Waals surface area contributed by atoms with Crippen LogP contribution in [0, 0.1) is 5.41 Å². The van der Waals surface area contributed by atoms with Crippen LogP contribution in [0.25, 0.3) is 0 Å². The van der Waals surface area contributed by atoms with Crippen LogP contribution >= 0.6 is 0 Å². The summed E-state index contributed by atoms with van der Waals surface area (Å²) in [6.45, 7) is 2.70. The summed E-state index contributed by atoms with van der Waals surface area (Å²) in [6.07, 6.45) is 0. The van der Waals surface area contributed by atoms with Gasteiger partial charge >= 0.3 is 0 Å². The molecule has 0 saturated carbocycles. The Morgan fingerprint density at radius 2 is 1.69 bits per heavy atom. The number of amides is 1. The van der Waals surface area contributed by atoms with E-state index in [2.05, 4.69) is 5.32 Å².